The van der Waals surface area contributed by atoms with Gasteiger partial charge < -0.3 is 20.5 Å². The van der Waals surface area contributed by atoms with Crippen LogP contribution in [0.5, 0.6) is 11.5 Å². The van der Waals surface area contributed by atoms with Crippen LogP contribution in [0, 0.1) is 5.82 Å². The second-order valence-corrected chi connectivity index (χ2v) is 12.4. The van der Waals surface area contributed by atoms with Crippen LogP contribution < -0.4 is 20.5 Å². The Balaban J connectivity index is 1.34. The molecule has 43 heavy (non-hydrogen) atoms. The largest absolute Gasteiger partial charge is 0.489 e. The SMILES string of the molecule is CC[C@@]1(C(N)=O)COc2c1cc(C(CNC(=O)c1cc(OC3CC3)c3ncccc3c1)CI=O)nc2-c1ccc(F)cc1. The number of pyridine rings is 2. The molecule has 1 aliphatic carbocycles. The molecule has 0 radical (unpaired) electrons. The second kappa shape index (κ2) is 11.9. The number of primary amides is 1. The first-order valence-corrected chi connectivity index (χ1v) is 16.5. The molecule has 1 fully saturated rings. The molecule has 2 aromatic carbocycles. The first-order chi connectivity index (χ1) is 20.8. The van der Waals surface area contributed by atoms with Crippen LogP contribution in [-0.2, 0) is 13.3 Å². The normalized spacial score (nSPS) is 18.1. The summed E-state index contributed by atoms with van der Waals surface area (Å²) in [5, 5.41) is 3.78. The summed E-state index contributed by atoms with van der Waals surface area (Å²) < 4.78 is 38.2. The number of halogens is 2. The maximum absolute atomic E-state index is 13.8. The lowest BCUT2D eigenvalue weighted by molar-refractivity contribution is -0.124. The van der Waals surface area contributed by atoms with Gasteiger partial charge in [0.25, 0.3) is 5.91 Å². The van der Waals surface area contributed by atoms with E-state index in [1.165, 1.54) is 12.1 Å². The molecule has 9 nitrogen and oxygen atoms in total. The number of ether oxygens (including phenoxy) is 2. The summed E-state index contributed by atoms with van der Waals surface area (Å²) in [5.74, 6) is -0.672. The Bertz CT molecular complexity index is 1730. The summed E-state index contributed by atoms with van der Waals surface area (Å²) in [6, 6.07) is 14.8. The predicted molar refractivity (Wildman–Crippen MR) is 166 cm³/mol. The molecule has 0 bridgehead atoms. The Morgan fingerprint density at radius 1 is 1.21 bits per heavy atom. The van der Waals surface area contributed by atoms with Crippen LogP contribution in [0.25, 0.3) is 22.2 Å². The van der Waals surface area contributed by atoms with Crippen LogP contribution >= 0.6 is 21.2 Å². The van der Waals surface area contributed by atoms with Crippen molar-refractivity contribution >= 4 is 43.9 Å². The average molecular weight is 697 g/mol. The molecule has 3 N–H and O–H groups in total. The van der Waals surface area contributed by atoms with Crippen molar-refractivity contribution in [1.29, 1.82) is 0 Å². The van der Waals surface area contributed by atoms with Gasteiger partial charge in [-0.25, -0.2) is 9.37 Å². The van der Waals surface area contributed by atoms with E-state index in [9.17, 15) is 17.0 Å². The molecule has 2 atom stereocenters. The summed E-state index contributed by atoms with van der Waals surface area (Å²) in [6.07, 6.45) is 4.17. The van der Waals surface area contributed by atoms with Crippen molar-refractivity contribution in [3.05, 3.63) is 83.4 Å². The lowest BCUT2D eigenvalue weighted by atomic mass is 9.78. The van der Waals surface area contributed by atoms with E-state index >= 15 is 0 Å². The van der Waals surface area contributed by atoms with E-state index in [0.29, 0.717) is 55.9 Å². The minimum Gasteiger partial charge on any atom is -0.489 e. The number of fused-ring (bicyclic) bond motifs is 2. The fourth-order valence-corrected chi connectivity index (χ4v) is 6.59. The molecular weight excluding hydrogens is 666 g/mol. The van der Waals surface area contributed by atoms with Crippen LogP contribution in [-0.4, -0.2) is 45.5 Å². The zero-order valence-electron chi connectivity index (χ0n) is 23.4. The number of carbonyl (C=O) groups excluding carboxylic acids is 2. The van der Waals surface area contributed by atoms with Gasteiger partial charge in [0.2, 0.25) is 5.91 Å². The number of hydrogen-bond donors (Lipinski definition) is 2. The molecule has 2 aliphatic rings. The topological polar surface area (TPSA) is 134 Å². The van der Waals surface area contributed by atoms with Gasteiger partial charge in [-0.15, -0.1) is 0 Å². The Hall–Kier alpha value is -4.00. The van der Waals surface area contributed by atoms with Crippen molar-refractivity contribution in [3.63, 3.8) is 0 Å². The fraction of sp³-hybridized carbons (Fsp3) is 0.312. The van der Waals surface area contributed by atoms with Gasteiger partial charge >= 0.3 is 0 Å². The minimum absolute atomic E-state index is 0.0610. The van der Waals surface area contributed by atoms with Gasteiger partial charge in [0.05, 0.1) is 6.10 Å². The van der Waals surface area contributed by atoms with E-state index in [1.807, 2.05) is 19.1 Å². The standard InChI is InChI=1S/C32H30FIN4O5/c1-2-32(31(35)40)17-42-29-24(32)14-25(38-28(29)18-5-7-22(33)8-6-18)21(15-34-41)16-37-30(39)20-12-19-4-3-11-36-27(19)26(13-20)43-23-9-10-23/h3-8,11-14,21,23H,2,9-10,15-17H2,1H3,(H2,35,40)(H,37,39)/t21?,32-/m1/s1. The van der Waals surface area contributed by atoms with Crippen molar-refractivity contribution in [1.82, 2.24) is 15.3 Å². The Kier molecular flexibility index (Phi) is 8.08. The van der Waals surface area contributed by atoms with Gasteiger partial charge in [-0.2, -0.15) is 0 Å². The molecular formula is C32H30FIN4O5. The van der Waals surface area contributed by atoms with Crippen molar-refractivity contribution in [2.24, 2.45) is 5.73 Å². The second-order valence-electron chi connectivity index (χ2n) is 10.9. The molecule has 1 saturated carbocycles. The third-order valence-electron chi connectivity index (χ3n) is 8.09. The Morgan fingerprint density at radius 3 is 2.70 bits per heavy atom. The maximum Gasteiger partial charge on any atom is 0.251 e. The highest BCUT2D eigenvalue weighted by Gasteiger charge is 2.46. The van der Waals surface area contributed by atoms with E-state index in [2.05, 4.69) is 10.3 Å². The number of carbonyl (C=O) groups is 2. The first kappa shape index (κ1) is 29.1. The number of alkyl halides is 1. The molecule has 222 valence electrons. The van der Waals surface area contributed by atoms with Crippen molar-refractivity contribution in [2.75, 3.05) is 17.6 Å². The van der Waals surface area contributed by atoms with E-state index in [4.69, 9.17) is 20.2 Å². The molecule has 0 spiro atoms. The van der Waals surface area contributed by atoms with E-state index in [-0.39, 0.29) is 25.2 Å². The van der Waals surface area contributed by atoms with Crippen LogP contribution in [0.3, 0.4) is 0 Å². The van der Waals surface area contributed by atoms with Gasteiger partial charge in [0.1, 0.15) is 61.7 Å². The summed E-state index contributed by atoms with van der Waals surface area (Å²) in [4.78, 5) is 35.5. The van der Waals surface area contributed by atoms with Crippen LogP contribution in [0.4, 0.5) is 4.39 Å². The highest BCUT2D eigenvalue weighted by Crippen LogP contribution is 2.47. The van der Waals surface area contributed by atoms with Crippen molar-refractivity contribution in [2.45, 2.75) is 43.6 Å². The molecule has 1 unspecified atom stereocenters. The number of aromatic nitrogens is 2. The van der Waals surface area contributed by atoms with Crippen molar-refractivity contribution < 1.29 is 26.5 Å². The number of nitrogens with zero attached hydrogens (tertiary/aromatic N) is 2. The third-order valence-corrected chi connectivity index (χ3v) is 9.51. The summed E-state index contributed by atoms with van der Waals surface area (Å²) in [7, 11) is 0. The van der Waals surface area contributed by atoms with E-state index in [0.717, 1.165) is 18.2 Å². The molecule has 1 aliphatic heterocycles. The zero-order chi connectivity index (χ0) is 30.1. The molecule has 2 amide bonds. The third kappa shape index (κ3) is 5.69. The van der Waals surface area contributed by atoms with E-state index < -0.39 is 44.2 Å². The van der Waals surface area contributed by atoms with Gasteiger partial charge in [-0.3, -0.25) is 17.6 Å². The molecule has 3 heterocycles. The summed E-state index contributed by atoms with van der Waals surface area (Å²) >= 11 is -1.44. The number of nitrogens with two attached hydrogens (primary N) is 1. The molecule has 4 aromatic rings. The molecule has 2 aromatic heterocycles. The zero-order valence-corrected chi connectivity index (χ0v) is 25.6. The molecule has 6 rings (SSSR count). The number of benzene rings is 2. The number of hydrogen-bond acceptors (Lipinski definition) is 7. The Labute approximate surface area is 258 Å². The quantitative estimate of drug-likeness (QED) is 0.160. The van der Waals surface area contributed by atoms with Gasteiger partial charge in [0, 0.05) is 50.9 Å². The minimum atomic E-state index is -1.44. The average Bonchev–Trinajstić information content (AvgIpc) is 3.75. The Morgan fingerprint density at radius 2 is 2.00 bits per heavy atom. The maximum atomic E-state index is 13.8. The molecule has 0 saturated heterocycles. The highest BCUT2D eigenvalue weighted by atomic mass is 127. The predicted octanol–water partition coefficient (Wildman–Crippen LogP) is 5.33. The fourth-order valence-electron chi connectivity index (χ4n) is 5.39. The number of rotatable bonds is 11. The lowest BCUT2D eigenvalue weighted by Crippen LogP contribution is -2.42. The van der Waals surface area contributed by atoms with Crippen LogP contribution in [0.15, 0.2) is 60.8 Å². The van der Waals surface area contributed by atoms with Gasteiger partial charge in [-0.05, 0) is 67.8 Å². The lowest BCUT2D eigenvalue weighted by Gasteiger charge is -2.24. The number of nitrogens with one attached hydrogen (secondary N) is 1. The smallest absolute Gasteiger partial charge is 0.251 e. The van der Waals surface area contributed by atoms with Crippen molar-refractivity contribution in [3.8, 4) is 22.8 Å². The first-order valence-electron chi connectivity index (χ1n) is 14.1. The summed E-state index contributed by atoms with van der Waals surface area (Å²) in [6.45, 7) is 2.07. The summed E-state index contributed by atoms with van der Waals surface area (Å²) in [5.41, 5.74) is 8.12. The molecule has 11 heteroatoms. The van der Waals surface area contributed by atoms with Gasteiger partial charge in [0.15, 0.2) is 0 Å². The van der Waals surface area contributed by atoms with Gasteiger partial charge in [-0.1, -0.05) is 13.0 Å². The monoisotopic (exact) mass is 696 g/mol. The van der Waals surface area contributed by atoms with Crippen LogP contribution in [0.1, 0.15) is 53.7 Å². The highest BCUT2D eigenvalue weighted by molar-refractivity contribution is 14.1. The van der Waals surface area contributed by atoms with Crippen LogP contribution in [0.2, 0.25) is 0 Å². The number of amides is 2. The van der Waals surface area contributed by atoms with E-state index in [1.54, 1.807) is 36.5 Å².